The maximum absolute atomic E-state index is 11.8. The number of hydrogen-bond acceptors (Lipinski definition) is 6. The summed E-state index contributed by atoms with van der Waals surface area (Å²) in [6, 6.07) is 5.72. The predicted molar refractivity (Wildman–Crippen MR) is 105 cm³/mol. The van der Waals surface area contributed by atoms with Crippen LogP contribution in [-0.4, -0.2) is 28.8 Å². The van der Waals surface area contributed by atoms with E-state index in [2.05, 4.69) is 26.5 Å². The molecule has 0 spiro atoms. The molecule has 0 aliphatic heterocycles. The first-order valence-electron chi connectivity index (χ1n) is 7.57. The van der Waals surface area contributed by atoms with Crippen molar-refractivity contribution in [3.8, 4) is 11.5 Å². The minimum Gasteiger partial charge on any atom is -0.506 e. The first-order chi connectivity index (χ1) is 12.7. The van der Waals surface area contributed by atoms with Crippen molar-refractivity contribution in [2.45, 2.75) is 13.8 Å². The molecular formula is C17H15BrClN3O5. The lowest BCUT2D eigenvalue weighted by Crippen LogP contribution is -2.24. The summed E-state index contributed by atoms with van der Waals surface area (Å²) in [6.45, 7) is 3.37. The van der Waals surface area contributed by atoms with E-state index in [0.717, 1.165) is 29.5 Å². The molecule has 0 aliphatic rings. The maximum Gasteiger partial charge on any atom is 0.277 e. The van der Waals surface area contributed by atoms with Gasteiger partial charge in [-0.15, -0.1) is 0 Å². The minimum atomic E-state index is -0.607. The number of nitro benzene ring substituents is 1. The third-order valence-electron chi connectivity index (χ3n) is 3.46. The highest BCUT2D eigenvalue weighted by atomic mass is 79.9. The minimum absolute atomic E-state index is 0.0706. The molecule has 0 fully saturated rings. The summed E-state index contributed by atoms with van der Waals surface area (Å²) in [5.41, 5.74) is 3.72. The van der Waals surface area contributed by atoms with Crippen LogP contribution in [0.5, 0.6) is 11.5 Å². The second-order valence-electron chi connectivity index (χ2n) is 5.58. The van der Waals surface area contributed by atoms with Crippen molar-refractivity contribution in [1.29, 1.82) is 0 Å². The number of phenols is 1. The number of aromatic hydroxyl groups is 1. The molecule has 10 heteroatoms. The second kappa shape index (κ2) is 8.83. The number of rotatable bonds is 6. The topological polar surface area (TPSA) is 114 Å². The molecule has 2 aromatic carbocycles. The van der Waals surface area contributed by atoms with Gasteiger partial charge in [0, 0.05) is 22.7 Å². The first kappa shape index (κ1) is 20.7. The van der Waals surface area contributed by atoms with E-state index in [9.17, 15) is 20.0 Å². The van der Waals surface area contributed by atoms with E-state index in [-0.39, 0.29) is 28.1 Å². The van der Waals surface area contributed by atoms with Crippen LogP contribution < -0.4 is 10.2 Å². The Morgan fingerprint density at radius 2 is 2.00 bits per heavy atom. The van der Waals surface area contributed by atoms with E-state index in [1.54, 1.807) is 12.1 Å². The zero-order valence-electron chi connectivity index (χ0n) is 14.3. The van der Waals surface area contributed by atoms with E-state index in [1.807, 2.05) is 13.8 Å². The fourth-order valence-corrected chi connectivity index (χ4v) is 2.73. The van der Waals surface area contributed by atoms with E-state index in [0.29, 0.717) is 10.8 Å². The molecule has 0 aliphatic carbocycles. The summed E-state index contributed by atoms with van der Waals surface area (Å²) in [5, 5.41) is 25.1. The average Bonchev–Trinajstić information content (AvgIpc) is 2.60. The van der Waals surface area contributed by atoms with Gasteiger partial charge in [0.05, 0.1) is 15.6 Å². The monoisotopic (exact) mass is 455 g/mol. The quantitative estimate of drug-likeness (QED) is 0.389. The average molecular weight is 457 g/mol. The third-order valence-corrected chi connectivity index (χ3v) is 4.66. The van der Waals surface area contributed by atoms with Crippen molar-refractivity contribution >= 4 is 45.3 Å². The van der Waals surface area contributed by atoms with E-state index in [4.69, 9.17) is 16.3 Å². The van der Waals surface area contributed by atoms with Gasteiger partial charge >= 0.3 is 0 Å². The summed E-state index contributed by atoms with van der Waals surface area (Å²) >= 11 is 9.09. The van der Waals surface area contributed by atoms with Crippen LogP contribution in [0.2, 0.25) is 5.02 Å². The number of nitro groups is 1. The van der Waals surface area contributed by atoms with Gasteiger partial charge in [0.1, 0.15) is 11.5 Å². The molecule has 0 atom stereocenters. The fraction of sp³-hybridized carbons (Fsp3) is 0.176. The van der Waals surface area contributed by atoms with Crippen LogP contribution in [-0.2, 0) is 4.79 Å². The lowest BCUT2D eigenvalue weighted by atomic mass is 10.1. The molecule has 142 valence electrons. The number of nitrogens with one attached hydrogen (secondary N) is 1. The van der Waals surface area contributed by atoms with Gasteiger partial charge in [-0.2, -0.15) is 5.10 Å². The Hall–Kier alpha value is -2.65. The number of amides is 1. The Kier molecular flexibility index (Phi) is 6.75. The Balaban J connectivity index is 1.99. The molecule has 8 nitrogen and oxygen atoms in total. The van der Waals surface area contributed by atoms with Gasteiger partial charge in [0.25, 0.3) is 11.6 Å². The number of ether oxygens (including phenoxy) is 1. The predicted octanol–water partition coefficient (Wildman–Crippen LogP) is 3.86. The van der Waals surface area contributed by atoms with Crippen LogP contribution >= 0.6 is 27.5 Å². The molecule has 0 unspecified atom stereocenters. The van der Waals surface area contributed by atoms with Gasteiger partial charge in [0.2, 0.25) is 0 Å². The molecule has 0 saturated heterocycles. The van der Waals surface area contributed by atoms with Crippen molar-refractivity contribution in [1.82, 2.24) is 5.43 Å². The number of hydrogen-bond donors (Lipinski definition) is 2. The maximum atomic E-state index is 11.8. The van der Waals surface area contributed by atoms with Crippen LogP contribution in [0.4, 0.5) is 5.69 Å². The number of hydrazone groups is 1. The van der Waals surface area contributed by atoms with Crippen molar-refractivity contribution in [3.63, 3.8) is 0 Å². The van der Waals surface area contributed by atoms with Gasteiger partial charge in [-0.05, 0) is 53.0 Å². The smallest absolute Gasteiger partial charge is 0.277 e. The van der Waals surface area contributed by atoms with Crippen molar-refractivity contribution in [2.75, 3.05) is 6.61 Å². The number of carbonyl (C=O) groups excluding carboxylic acids is 1. The Morgan fingerprint density at radius 3 is 2.59 bits per heavy atom. The van der Waals surface area contributed by atoms with Crippen LogP contribution in [0.3, 0.4) is 0 Å². The highest BCUT2D eigenvalue weighted by Crippen LogP contribution is 2.31. The zero-order valence-corrected chi connectivity index (χ0v) is 16.7. The normalized spacial score (nSPS) is 10.8. The molecule has 2 rings (SSSR count). The number of benzene rings is 2. The molecule has 0 radical (unpaired) electrons. The Bertz CT molecular complexity index is 910. The standard InChI is InChI=1S/C17H15BrClN3O5/c1-9-3-13(4-10(2)16(9)19)27-8-15(23)21-20-7-11-5-12(22(25)26)6-14(18)17(11)24/h3-7,24H,8H2,1-2H3,(H,21,23)/b20-7+. The van der Waals surface area contributed by atoms with Gasteiger partial charge < -0.3 is 9.84 Å². The molecule has 2 aromatic rings. The van der Waals surface area contributed by atoms with Crippen molar-refractivity contribution < 1.29 is 19.6 Å². The lowest BCUT2D eigenvalue weighted by Gasteiger charge is -2.09. The van der Waals surface area contributed by atoms with E-state index >= 15 is 0 Å². The molecule has 0 saturated carbocycles. The van der Waals surface area contributed by atoms with E-state index in [1.165, 1.54) is 0 Å². The number of nitrogens with zero attached hydrogens (tertiary/aromatic N) is 2. The van der Waals surface area contributed by atoms with Crippen LogP contribution in [0.15, 0.2) is 33.8 Å². The van der Waals surface area contributed by atoms with Gasteiger partial charge in [-0.1, -0.05) is 11.6 Å². The number of non-ortho nitro benzene ring substituents is 1. The summed E-state index contributed by atoms with van der Waals surface area (Å²) < 4.78 is 5.53. The molecule has 1 amide bonds. The van der Waals surface area contributed by atoms with Crippen LogP contribution in [0.1, 0.15) is 16.7 Å². The Morgan fingerprint density at radius 1 is 1.37 bits per heavy atom. The lowest BCUT2D eigenvalue weighted by molar-refractivity contribution is -0.385. The number of carbonyl (C=O) groups is 1. The third kappa shape index (κ3) is 5.41. The number of aryl methyl sites for hydroxylation is 2. The molecule has 0 heterocycles. The highest BCUT2D eigenvalue weighted by Gasteiger charge is 2.13. The van der Waals surface area contributed by atoms with Crippen molar-refractivity contribution in [2.24, 2.45) is 5.10 Å². The Labute approximate surface area is 168 Å². The molecule has 0 aromatic heterocycles. The van der Waals surface area contributed by atoms with Gasteiger partial charge in [-0.3, -0.25) is 14.9 Å². The number of halogens is 2. The fourth-order valence-electron chi connectivity index (χ4n) is 2.15. The largest absolute Gasteiger partial charge is 0.506 e. The second-order valence-corrected chi connectivity index (χ2v) is 6.81. The zero-order chi connectivity index (χ0) is 20.1. The molecule has 0 bridgehead atoms. The summed E-state index contributed by atoms with van der Waals surface area (Å²) in [4.78, 5) is 22.1. The first-order valence-corrected chi connectivity index (χ1v) is 8.74. The molecular weight excluding hydrogens is 442 g/mol. The van der Waals surface area contributed by atoms with Gasteiger partial charge in [-0.25, -0.2) is 5.43 Å². The number of phenolic OH excluding ortho intramolecular Hbond substituents is 1. The van der Waals surface area contributed by atoms with Crippen LogP contribution in [0, 0.1) is 24.0 Å². The summed E-state index contributed by atoms with van der Waals surface area (Å²) in [5.74, 6) is -0.281. The molecule has 2 N–H and O–H groups in total. The summed E-state index contributed by atoms with van der Waals surface area (Å²) in [6.07, 6.45) is 1.10. The van der Waals surface area contributed by atoms with Crippen molar-refractivity contribution in [3.05, 3.63) is 60.6 Å². The van der Waals surface area contributed by atoms with E-state index < -0.39 is 10.8 Å². The van der Waals surface area contributed by atoms with Gasteiger partial charge in [0.15, 0.2) is 6.61 Å². The SMILES string of the molecule is Cc1cc(OCC(=O)N/N=C/c2cc([N+](=O)[O-])cc(Br)c2O)cc(C)c1Cl. The summed E-state index contributed by atoms with van der Waals surface area (Å²) in [7, 11) is 0. The highest BCUT2D eigenvalue weighted by molar-refractivity contribution is 9.10. The molecule has 27 heavy (non-hydrogen) atoms. The van der Waals surface area contributed by atoms with Crippen LogP contribution in [0.25, 0.3) is 0 Å².